The third kappa shape index (κ3) is 3.62. The molecule has 0 bridgehead atoms. The van der Waals surface area contributed by atoms with Crippen molar-refractivity contribution in [3.63, 3.8) is 0 Å². The lowest BCUT2D eigenvalue weighted by Crippen LogP contribution is -1.98. The van der Waals surface area contributed by atoms with Gasteiger partial charge in [0.15, 0.2) is 0 Å². The molecule has 0 saturated carbocycles. The monoisotopic (exact) mass is 623 g/mol. The number of hydrogen-bond acceptors (Lipinski definition) is 0. The van der Waals surface area contributed by atoms with Crippen LogP contribution in [0.5, 0.6) is 0 Å². The Morgan fingerprint density at radius 2 is 0.714 bits per heavy atom. The molecule has 0 atom stereocenters. The molecule has 0 fully saturated rings. The maximum absolute atomic E-state index is 2.45. The zero-order valence-corrected chi connectivity index (χ0v) is 26.6. The minimum atomic E-state index is 1.14. The van der Waals surface area contributed by atoms with Gasteiger partial charge in [-0.3, -0.25) is 0 Å². The van der Waals surface area contributed by atoms with E-state index in [9.17, 15) is 0 Å². The Hall–Kier alpha value is -6.58. The number of hydrogen-bond donors (Lipinski definition) is 0. The second kappa shape index (κ2) is 9.96. The summed E-state index contributed by atoms with van der Waals surface area (Å²) >= 11 is 0. The molecule has 0 unspecified atom stereocenters. The molecular weight excluding hydrogens is 595 g/mol. The highest BCUT2D eigenvalue weighted by Gasteiger charge is 2.21. The highest BCUT2D eigenvalue weighted by molar-refractivity contribution is 6.17. The smallest absolute Gasteiger partial charge is 0.0562 e. The van der Waals surface area contributed by atoms with Crippen molar-refractivity contribution >= 4 is 76.2 Å². The van der Waals surface area contributed by atoms with E-state index in [2.05, 4.69) is 190 Å². The lowest BCUT2D eigenvalue weighted by molar-refractivity contribution is 1.16. The van der Waals surface area contributed by atoms with E-state index < -0.39 is 0 Å². The first kappa shape index (κ1) is 26.5. The fraction of sp³-hybridized carbons (Fsp3) is 0. The molecule has 3 heteroatoms. The van der Waals surface area contributed by atoms with Crippen LogP contribution in [0.1, 0.15) is 0 Å². The number of fused-ring (bicyclic) bond motifs is 10. The molecule has 0 spiro atoms. The van der Waals surface area contributed by atoms with Crippen LogP contribution in [-0.4, -0.2) is 13.7 Å². The Bertz CT molecular complexity index is 3060. The van der Waals surface area contributed by atoms with Gasteiger partial charge in [-0.2, -0.15) is 0 Å². The molecule has 0 saturated heterocycles. The van der Waals surface area contributed by atoms with Crippen LogP contribution in [0.3, 0.4) is 0 Å². The Balaban J connectivity index is 1.24. The second-order valence-corrected chi connectivity index (χ2v) is 12.9. The Morgan fingerprint density at radius 3 is 1.39 bits per heavy atom. The van der Waals surface area contributed by atoms with Gasteiger partial charge >= 0.3 is 0 Å². The Labute approximate surface area is 282 Å². The predicted molar refractivity (Wildman–Crippen MR) is 207 cm³/mol. The fourth-order valence-electron chi connectivity index (χ4n) is 8.41. The van der Waals surface area contributed by atoms with Crippen molar-refractivity contribution in [2.45, 2.75) is 0 Å². The second-order valence-electron chi connectivity index (χ2n) is 12.9. The largest absolute Gasteiger partial charge is 0.309 e. The summed E-state index contributed by atoms with van der Waals surface area (Å²) in [5.41, 5.74) is 10.7. The molecule has 3 aromatic heterocycles. The third-order valence-corrected chi connectivity index (χ3v) is 10.4. The van der Waals surface area contributed by atoms with Gasteiger partial charge in [-0.05, 0) is 60.0 Å². The summed E-state index contributed by atoms with van der Waals surface area (Å²) in [5, 5.41) is 10.0. The van der Waals surface area contributed by atoms with E-state index in [1.165, 1.54) is 87.6 Å². The first-order valence-corrected chi connectivity index (χ1v) is 16.9. The van der Waals surface area contributed by atoms with Crippen molar-refractivity contribution in [3.8, 4) is 17.1 Å². The van der Waals surface area contributed by atoms with E-state index >= 15 is 0 Å². The van der Waals surface area contributed by atoms with Crippen LogP contribution in [0.15, 0.2) is 176 Å². The Kier molecular flexibility index (Phi) is 5.38. The van der Waals surface area contributed by atoms with Gasteiger partial charge in [-0.1, -0.05) is 121 Å². The van der Waals surface area contributed by atoms with Gasteiger partial charge in [0, 0.05) is 43.4 Å². The molecule has 3 heterocycles. The van der Waals surface area contributed by atoms with Crippen molar-refractivity contribution in [2.24, 2.45) is 0 Å². The van der Waals surface area contributed by atoms with Gasteiger partial charge in [-0.15, -0.1) is 0 Å². The van der Waals surface area contributed by atoms with Crippen LogP contribution in [0.25, 0.3) is 93.3 Å². The summed E-state index contributed by atoms with van der Waals surface area (Å²) in [6, 6.07) is 64.2. The molecule has 3 nitrogen and oxygen atoms in total. The predicted octanol–water partition coefficient (Wildman–Crippen LogP) is 12.1. The Morgan fingerprint density at radius 1 is 0.265 bits per heavy atom. The molecule has 8 aromatic carbocycles. The van der Waals surface area contributed by atoms with Crippen LogP contribution < -0.4 is 0 Å². The van der Waals surface area contributed by atoms with Crippen LogP contribution >= 0.6 is 0 Å². The zero-order chi connectivity index (χ0) is 32.1. The lowest BCUT2D eigenvalue weighted by atomic mass is 10.1. The maximum atomic E-state index is 2.45. The lowest BCUT2D eigenvalue weighted by Gasteiger charge is -2.13. The minimum Gasteiger partial charge on any atom is -0.309 e. The molecule has 0 aliphatic heterocycles. The number of benzene rings is 8. The zero-order valence-electron chi connectivity index (χ0n) is 26.6. The van der Waals surface area contributed by atoms with Gasteiger partial charge in [0.25, 0.3) is 0 Å². The van der Waals surface area contributed by atoms with E-state index in [-0.39, 0.29) is 0 Å². The van der Waals surface area contributed by atoms with Gasteiger partial charge in [0.05, 0.1) is 44.5 Å². The van der Waals surface area contributed by atoms with E-state index in [0.717, 1.165) is 5.69 Å². The molecular formula is C46H29N3. The maximum Gasteiger partial charge on any atom is 0.0562 e. The number of para-hydroxylation sites is 4. The van der Waals surface area contributed by atoms with Gasteiger partial charge in [0.1, 0.15) is 0 Å². The summed E-state index contributed by atoms with van der Waals surface area (Å²) < 4.78 is 7.35. The summed E-state index contributed by atoms with van der Waals surface area (Å²) in [4.78, 5) is 0. The number of nitrogens with zero attached hydrogens (tertiary/aromatic N) is 3. The third-order valence-electron chi connectivity index (χ3n) is 10.4. The number of rotatable bonds is 3. The molecule has 0 aliphatic carbocycles. The molecule has 0 aliphatic rings. The number of aromatic nitrogens is 3. The van der Waals surface area contributed by atoms with Crippen molar-refractivity contribution < 1.29 is 0 Å². The molecule has 0 N–H and O–H groups in total. The summed E-state index contributed by atoms with van der Waals surface area (Å²) in [7, 11) is 0. The van der Waals surface area contributed by atoms with Crippen LogP contribution in [-0.2, 0) is 0 Å². The van der Waals surface area contributed by atoms with Crippen LogP contribution in [0, 0.1) is 0 Å². The molecule has 11 rings (SSSR count). The highest BCUT2D eigenvalue weighted by Crippen LogP contribution is 2.41. The molecule has 0 radical (unpaired) electrons. The van der Waals surface area contributed by atoms with Crippen molar-refractivity contribution in [2.75, 3.05) is 0 Å². The standard InChI is InChI=1S/C46H29N3/c1-2-15-32-30(13-1)14-11-24-38(32)49-41-22-9-5-18-35(41)36-28-27-31(29-45(36)49)47-42-23-10-6-19-37(42)46-43(47)25-12-26-44(46)48-39-20-7-3-16-33(39)34-17-4-8-21-40(34)48/h1-29H. The highest BCUT2D eigenvalue weighted by atomic mass is 15.0. The van der Waals surface area contributed by atoms with Gasteiger partial charge in [0.2, 0.25) is 0 Å². The average molecular weight is 624 g/mol. The molecule has 49 heavy (non-hydrogen) atoms. The summed E-state index contributed by atoms with van der Waals surface area (Å²) in [6.45, 7) is 0. The van der Waals surface area contributed by atoms with Gasteiger partial charge < -0.3 is 13.7 Å². The SMILES string of the molecule is c1ccc2c(-n3c4ccccc4c4ccc(-n5c6ccccc6c6c(-n7c8ccccc8c8ccccc87)cccc65)cc43)cccc2c1. The average Bonchev–Trinajstić information content (AvgIpc) is 3.80. The topological polar surface area (TPSA) is 14.8 Å². The normalized spacial score (nSPS) is 12.1. The quantitative estimate of drug-likeness (QED) is 0.186. The van der Waals surface area contributed by atoms with E-state index in [0.29, 0.717) is 0 Å². The first-order valence-electron chi connectivity index (χ1n) is 16.9. The van der Waals surface area contributed by atoms with Crippen LogP contribution in [0.4, 0.5) is 0 Å². The minimum absolute atomic E-state index is 1.14. The van der Waals surface area contributed by atoms with Gasteiger partial charge in [-0.25, -0.2) is 0 Å². The van der Waals surface area contributed by atoms with E-state index in [1.807, 2.05) is 0 Å². The van der Waals surface area contributed by atoms with Crippen molar-refractivity contribution in [3.05, 3.63) is 176 Å². The van der Waals surface area contributed by atoms with Crippen molar-refractivity contribution in [1.82, 2.24) is 13.7 Å². The van der Waals surface area contributed by atoms with E-state index in [1.54, 1.807) is 0 Å². The van der Waals surface area contributed by atoms with Crippen molar-refractivity contribution in [1.29, 1.82) is 0 Å². The fourth-order valence-corrected chi connectivity index (χ4v) is 8.41. The summed E-state index contributed by atoms with van der Waals surface area (Å²) in [6.07, 6.45) is 0. The van der Waals surface area contributed by atoms with E-state index in [4.69, 9.17) is 0 Å². The van der Waals surface area contributed by atoms with Crippen LogP contribution in [0.2, 0.25) is 0 Å². The first-order chi connectivity index (χ1) is 24.3. The molecule has 228 valence electrons. The molecule has 0 amide bonds. The summed E-state index contributed by atoms with van der Waals surface area (Å²) in [5.74, 6) is 0. The molecule has 11 aromatic rings.